The summed E-state index contributed by atoms with van der Waals surface area (Å²) >= 11 is 0. The van der Waals surface area contributed by atoms with Gasteiger partial charge in [0.25, 0.3) is 10.1 Å². The number of carbonyl (C=O) groups excluding carboxylic acids is 1. The molecule has 0 heterocycles. The van der Waals surface area contributed by atoms with Crippen molar-refractivity contribution < 1.29 is 17.8 Å². The second kappa shape index (κ2) is 6.25. The molecule has 7 nitrogen and oxygen atoms in total. The average molecular weight is 305 g/mol. The molecule has 0 bridgehead atoms. The van der Waals surface area contributed by atoms with Crippen molar-refractivity contribution in [2.75, 3.05) is 5.32 Å². The van der Waals surface area contributed by atoms with Crippen LogP contribution in [0.25, 0.3) is 0 Å². The number of nitrogens with zero attached hydrogens (tertiary/aromatic N) is 2. The Morgan fingerprint density at radius 3 is 1.81 bits per heavy atom. The molecule has 2 aromatic carbocycles. The van der Waals surface area contributed by atoms with Crippen LogP contribution in [0.1, 0.15) is 0 Å². The normalized spacial score (nSPS) is 11.5. The van der Waals surface area contributed by atoms with Gasteiger partial charge in [-0.1, -0.05) is 0 Å². The average Bonchev–Trinajstić information content (AvgIpc) is 2.46. The molecule has 0 radical (unpaired) electrons. The lowest BCUT2D eigenvalue weighted by Crippen LogP contribution is -1.96. The second-order valence-corrected chi connectivity index (χ2v) is 5.40. The van der Waals surface area contributed by atoms with Gasteiger partial charge in [-0.05, 0) is 48.5 Å². The highest BCUT2D eigenvalue weighted by atomic mass is 32.2. The fourth-order valence-electron chi connectivity index (χ4n) is 1.49. The van der Waals surface area contributed by atoms with Gasteiger partial charge >= 0.3 is 0 Å². The van der Waals surface area contributed by atoms with Gasteiger partial charge in [0.05, 0.1) is 16.3 Å². The molecule has 0 spiro atoms. The number of rotatable bonds is 5. The first-order valence-electron chi connectivity index (χ1n) is 5.78. The molecular weight excluding hydrogens is 294 g/mol. The lowest BCUT2D eigenvalue weighted by Gasteiger charge is -1.98. The summed E-state index contributed by atoms with van der Waals surface area (Å²) in [5, 5.41) is 10.4. The van der Waals surface area contributed by atoms with Crippen LogP contribution in [0.4, 0.5) is 17.1 Å². The minimum atomic E-state index is -4.20. The van der Waals surface area contributed by atoms with Crippen LogP contribution in [-0.2, 0) is 14.9 Å². The number of amides is 1. The molecule has 0 unspecified atom stereocenters. The van der Waals surface area contributed by atoms with Crippen molar-refractivity contribution >= 4 is 33.6 Å². The van der Waals surface area contributed by atoms with Crippen molar-refractivity contribution in [3.8, 4) is 0 Å². The Kier molecular flexibility index (Phi) is 4.41. The molecule has 1 amide bonds. The van der Waals surface area contributed by atoms with Crippen molar-refractivity contribution in [2.24, 2.45) is 10.2 Å². The quantitative estimate of drug-likeness (QED) is 0.503. The van der Waals surface area contributed by atoms with Crippen LogP contribution in [0.3, 0.4) is 0 Å². The van der Waals surface area contributed by atoms with E-state index in [-0.39, 0.29) is 4.90 Å². The van der Waals surface area contributed by atoms with Gasteiger partial charge in [-0.25, -0.2) is 0 Å². The van der Waals surface area contributed by atoms with Crippen LogP contribution < -0.4 is 5.32 Å². The van der Waals surface area contributed by atoms with E-state index in [1.807, 2.05) is 0 Å². The topological polar surface area (TPSA) is 108 Å². The molecule has 0 saturated heterocycles. The Morgan fingerprint density at radius 2 is 1.38 bits per heavy atom. The van der Waals surface area contributed by atoms with Crippen LogP contribution >= 0.6 is 0 Å². The molecule has 0 aromatic heterocycles. The van der Waals surface area contributed by atoms with Gasteiger partial charge in [0.15, 0.2) is 0 Å². The van der Waals surface area contributed by atoms with Gasteiger partial charge in [-0.15, -0.1) is 0 Å². The van der Waals surface area contributed by atoms with Gasteiger partial charge < -0.3 is 5.32 Å². The third kappa shape index (κ3) is 4.20. The van der Waals surface area contributed by atoms with Gasteiger partial charge in [0, 0.05) is 5.69 Å². The lowest BCUT2D eigenvalue weighted by atomic mass is 10.3. The third-order valence-electron chi connectivity index (χ3n) is 2.51. The van der Waals surface area contributed by atoms with E-state index < -0.39 is 10.1 Å². The molecule has 2 aromatic rings. The number of nitrogens with one attached hydrogen (secondary N) is 1. The summed E-state index contributed by atoms with van der Waals surface area (Å²) in [6.45, 7) is 0. The maximum absolute atomic E-state index is 10.9. The molecule has 2 N–H and O–H groups in total. The molecule has 8 heteroatoms. The second-order valence-electron chi connectivity index (χ2n) is 3.98. The van der Waals surface area contributed by atoms with Crippen molar-refractivity contribution in [3.05, 3.63) is 48.5 Å². The maximum atomic E-state index is 10.9. The number of anilines is 1. The monoisotopic (exact) mass is 305 g/mol. The van der Waals surface area contributed by atoms with Crippen LogP contribution in [-0.4, -0.2) is 19.4 Å². The van der Waals surface area contributed by atoms with Gasteiger partial charge in [-0.2, -0.15) is 18.6 Å². The highest BCUT2D eigenvalue weighted by Gasteiger charge is 2.07. The van der Waals surface area contributed by atoms with E-state index in [2.05, 4.69) is 15.5 Å². The summed E-state index contributed by atoms with van der Waals surface area (Å²) < 4.78 is 30.6. The predicted octanol–water partition coefficient (Wildman–Crippen LogP) is 2.92. The molecule has 0 aliphatic rings. The van der Waals surface area contributed by atoms with Gasteiger partial charge in [0.1, 0.15) is 0 Å². The highest BCUT2D eigenvalue weighted by Crippen LogP contribution is 2.21. The number of benzene rings is 2. The first kappa shape index (κ1) is 14.8. The summed E-state index contributed by atoms with van der Waals surface area (Å²) in [4.78, 5) is 10.1. The van der Waals surface area contributed by atoms with Crippen molar-refractivity contribution in [3.63, 3.8) is 0 Å². The summed E-state index contributed by atoms with van der Waals surface area (Å²) in [6, 6.07) is 12.0. The Labute approximate surface area is 121 Å². The first-order valence-corrected chi connectivity index (χ1v) is 7.22. The Morgan fingerprint density at radius 1 is 0.905 bits per heavy atom. The Balaban J connectivity index is 2.12. The van der Waals surface area contributed by atoms with E-state index in [9.17, 15) is 13.2 Å². The zero-order valence-electron chi connectivity index (χ0n) is 10.7. The van der Waals surface area contributed by atoms with Crippen LogP contribution in [0.5, 0.6) is 0 Å². The number of azo groups is 1. The minimum Gasteiger partial charge on any atom is -0.329 e. The molecule has 0 atom stereocenters. The molecule has 0 saturated carbocycles. The standard InChI is InChI=1S/C13H11N3O4S/c17-9-14-10-1-3-11(4-2-10)15-16-12-5-7-13(8-6-12)21(18,19)20/h1-9H,(H,14,17)(H,18,19,20). The summed E-state index contributed by atoms with van der Waals surface area (Å²) in [7, 11) is -4.20. The van der Waals surface area contributed by atoms with Crippen molar-refractivity contribution in [1.82, 2.24) is 0 Å². The van der Waals surface area contributed by atoms with Gasteiger partial charge in [-0.3, -0.25) is 9.35 Å². The predicted molar refractivity (Wildman–Crippen MR) is 76.6 cm³/mol. The molecule has 0 aliphatic heterocycles. The zero-order chi connectivity index (χ0) is 15.3. The van der Waals surface area contributed by atoms with E-state index in [4.69, 9.17) is 4.55 Å². The Bertz CT molecular complexity index is 753. The third-order valence-corrected chi connectivity index (χ3v) is 3.38. The van der Waals surface area contributed by atoms with Crippen molar-refractivity contribution in [2.45, 2.75) is 4.90 Å². The minimum absolute atomic E-state index is 0.203. The first-order chi connectivity index (χ1) is 9.99. The van der Waals surface area contributed by atoms with E-state index in [1.54, 1.807) is 24.3 Å². The zero-order valence-corrected chi connectivity index (χ0v) is 11.5. The molecule has 2 rings (SSSR count). The Hall–Kier alpha value is -2.58. The van der Waals surface area contributed by atoms with Gasteiger partial charge in [0.2, 0.25) is 6.41 Å². The van der Waals surface area contributed by atoms with Crippen LogP contribution in [0, 0.1) is 0 Å². The van der Waals surface area contributed by atoms with E-state index >= 15 is 0 Å². The fraction of sp³-hybridized carbons (Fsp3) is 0. The molecule has 21 heavy (non-hydrogen) atoms. The number of carbonyl (C=O) groups is 1. The summed E-state index contributed by atoms with van der Waals surface area (Å²) in [5.41, 5.74) is 1.66. The highest BCUT2D eigenvalue weighted by molar-refractivity contribution is 7.85. The largest absolute Gasteiger partial charge is 0.329 e. The van der Waals surface area contributed by atoms with Crippen LogP contribution in [0.15, 0.2) is 63.7 Å². The molecule has 0 fully saturated rings. The number of hydrogen-bond acceptors (Lipinski definition) is 5. The number of hydrogen-bond donors (Lipinski definition) is 2. The lowest BCUT2D eigenvalue weighted by molar-refractivity contribution is -0.105. The SMILES string of the molecule is O=CNc1ccc(N=Nc2ccc(S(=O)(=O)O)cc2)cc1. The molecular formula is C13H11N3O4S. The fourth-order valence-corrected chi connectivity index (χ4v) is 1.97. The van der Waals surface area contributed by atoms with E-state index in [1.165, 1.54) is 24.3 Å². The smallest absolute Gasteiger partial charge is 0.294 e. The maximum Gasteiger partial charge on any atom is 0.294 e. The van der Waals surface area contributed by atoms with Crippen molar-refractivity contribution in [1.29, 1.82) is 0 Å². The summed E-state index contributed by atoms with van der Waals surface area (Å²) in [5.74, 6) is 0. The van der Waals surface area contributed by atoms with E-state index in [0.717, 1.165) is 0 Å². The molecule has 0 aliphatic carbocycles. The molecule has 108 valence electrons. The van der Waals surface area contributed by atoms with E-state index in [0.29, 0.717) is 23.5 Å². The summed E-state index contributed by atoms with van der Waals surface area (Å²) in [6.07, 6.45) is 0.577. The van der Waals surface area contributed by atoms with Crippen LogP contribution in [0.2, 0.25) is 0 Å².